The van der Waals surface area contributed by atoms with Crippen LogP contribution in [0, 0.1) is 5.92 Å². The van der Waals surface area contributed by atoms with Gasteiger partial charge >= 0.3 is 6.03 Å². The zero-order chi connectivity index (χ0) is 12.5. The van der Waals surface area contributed by atoms with Gasteiger partial charge in [-0.15, -0.1) is 0 Å². The zero-order valence-corrected chi connectivity index (χ0v) is 10.9. The molecule has 1 saturated carbocycles. The molecular weight excluding hydrogens is 216 g/mol. The van der Waals surface area contributed by atoms with Gasteiger partial charge in [-0.2, -0.15) is 0 Å². The summed E-state index contributed by atoms with van der Waals surface area (Å²) in [6.07, 6.45) is 8.10. The minimum Gasteiger partial charge on any atom is -0.393 e. The molecule has 0 aromatic rings. The average Bonchev–Trinajstić information content (AvgIpc) is 2.76. The number of carbonyl (C=O) groups excluding carboxylic acids is 1. The lowest BCUT2D eigenvalue weighted by Crippen LogP contribution is -2.37. The summed E-state index contributed by atoms with van der Waals surface area (Å²) in [5, 5.41) is 14.6. The monoisotopic (exact) mass is 242 g/mol. The van der Waals surface area contributed by atoms with Gasteiger partial charge in [-0.1, -0.05) is 25.7 Å². The molecule has 1 atom stereocenters. The summed E-state index contributed by atoms with van der Waals surface area (Å²) in [5.41, 5.74) is 0. The highest BCUT2D eigenvalue weighted by Crippen LogP contribution is 2.28. The Morgan fingerprint density at radius 3 is 2.59 bits per heavy atom. The maximum Gasteiger partial charge on any atom is 0.314 e. The van der Waals surface area contributed by atoms with Crippen LogP contribution in [0.25, 0.3) is 0 Å². The van der Waals surface area contributed by atoms with Crippen LogP contribution < -0.4 is 10.6 Å². The highest BCUT2D eigenvalue weighted by atomic mass is 16.3. The molecule has 3 N–H and O–H groups in total. The van der Waals surface area contributed by atoms with Crippen molar-refractivity contribution in [1.82, 2.24) is 10.6 Å². The highest BCUT2D eigenvalue weighted by Gasteiger charge is 2.14. The van der Waals surface area contributed by atoms with Crippen molar-refractivity contribution in [2.75, 3.05) is 13.1 Å². The molecule has 0 aromatic carbocycles. The average molecular weight is 242 g/mol. The number of rotatable bonds is 7. The van der Waals surface area contributed by atoms with Gasteiger partial charge in [-0.25, -0.2) is 4.79 Å². The first-order valence-electron chi connectivity index (χ1n) is 6.88. The lowest BCUT2D eigenvalue weighted by atomic mass is 10.0. The third-order valence-corrected chi connectivity index (χ3v) is 3.40. The third-order valence-electron chi connectivity index (χ3n) is 3.40. The Balaban J connectivity index is 1.89. The number of aliphatic hydroxyl groups excluding tert-OH is 1. The van der Waals surface area contributed by atoms with E-state index in [0.29, 0.717) is 13.0 Å². The Morgan fingerprint density at radius 2 is 1.94 bits per heavy atom. The molecule has 0 aromatic heterocycles. The normalized spacial score (nSPS) is 18.0. The third kappa shape index (κ3) is 7.21. The fourth-order valence-corrected chi connectivity index (χ4v) is 2.35. The second-order valence-electron chi connectivity index (χ2n) is 5.11. The molecular formula is C13H26N2O2. The molecule has 1 unspecified atom stereocenters. The van der Waals surface area contributed by atoms with Gasteiger partial charge in [0.05, 0.1) is 6.10 Å². The molecule has 0 bridgehead atoms. The molecule has 1 fully saturated rings. The van der Waals surface area contributed by atoms with E-state index in [1.165, 1.54) is 32.1 Å². The lowest BCUT2D eigenvalue weighted by Gasteiger charge is -2.10. The minimum atomic E-state index is -0.349. The molecule has 100 valence electrons. The Kier molecular flexibility index (Phi) is 7.01. The zero-order valence-electron chi connectivity index (χ0n) is 10.9. The SMILES string of the molecule is CC(O)CCNC(=O)NCCCC1CCCC1. The van der Waals surface area contributed by atoms with Crippen molar-refractivity contribution in [2.24, 2.45) is 5.92 Å². The van der Waals surface area contributed by atoms with E-state index >= 15 is 0 Å². The van der Waals surface area contributed by atoms with Crippen LogP contribution in [0.15, 0.2) is 0 Å². The largest absolute Gasteiger partial charge is 0.393 e. The summed E-state index contributed by atoms with van der Waals surface area (Å²) in [6.45, 7) is 3.02. The van der Waals surface area contributed by atoms with Gasteiger partial charge in [-0.05, 0) is 32.1 Å². The second-order valence-corrected chi connectivity index (χ2v) is 5.11. The van der Waals surface area contributed by atoms with E-state index in [4.69, 9.17) is 5.11 Å². The van der Waals surface area contributed by atoms with Crippen LogP contribution in [-0.2, 0) is 0 Å². The van der Waals surface area contributed by atoms with Crippen LogP contribution >= 0.6 is 0 Å². The fraction of sp³-hybridized carbons (Fsp3) is 0.923. The van der Waals surface area contributed by atoms with Crippen LogP contribution in [-0.4, -0.2) is 30.3 Å². The van der Waals surface area contributed by atoms with E-state index in [0.717, 1.165) is 18.9 Å². The molecule has 0 saturated heterocycles. The molecule has 4 nitrogen and oxygen atoms in total. The summed E-state index contributed by atoms with van der Waals surface area (Å²) < 4.78 is 0. The minimum absolute atomic E-state index is 0.114. The predicted octanol–water partition coefficient (Wildman–Crippen LogP) is 2.03. The summed E-state index contributed by atoms with van der Waals surface area (Å²) in [5.74, 6) is 0.898. The summed E-state index contributed by atoms with van der Waals surface area (Å²) in [7, 11) is 0. The van der Waals surface area contributed by atoms with Crippen molar-refractivity contribution < 1.29 is 9.90 Å². The summed E-state index contributed by atoms with van der Waals surface area (Å²) in [6, 6.07) is -0.114. The van der Waals surface area contributed by atoms with Crippen molar-refractivity contribution in [3.63, 3.8) is 0 Å². The van der Waals surface area contributed by atoms with E-state index < -0.39 is 0 Å². The fourth-order valence-electron chi connectivity index (χ4n) is 2.35. The quantitative estimate of drug-likeness (QED) is 0.598. The predicted molar refractivity (Wildman–Crippen MR) is 68.9 cm³/mol. The molecule has 0 spiro atoms. The number of amides is 2. The molecule has 0 heterocycles. The van der Waals surface area contributed by atoms with Crippen molar-refractivity contribution in [3.8, 4) is 0 Å². The highest BCUT2D eigenvalue weighted by molar-refractivity contribution is 5.73. The van der Waals surface area contributed by atoms with E-state index in [1.807, 2.05) is 0 Å². The Hall–Kier alpha value is -0.770. The molecule has 1 aliphatic carbocycles. The maximum atomic E-state index is 11.3. The van der Waals surface area contributed by atoms with Gasteiger partial charge in [-0.3, -0.25) is 0 Å². The Morgan fingerprint density at radius 1 is 1.29 bits per heavy atom. The Bertz CT molecular complexity index is 213. The molecule has 4 heteroatoms. The molecule has 2 amide bonds. The van der Waals surface area contributed by atoms with Gasteiger partial charge in [0.2, 0.25) is 0 Å². The summed E-state index contributed by atoms with van der Waals surface area (Å²) in [4.78, 5) is 11.3. The standard InChI is InChI=1S/C13H26N2O2/c1-11(16)8-10-15-13(17)14-9-4-7-12-5-2-3-6-12/h11-12,16H,2-10H2,1H3,(H2,14,15,17). The van der Waals surface area contributed by atoms with Crippen molar-refractivity contribution >= 4 is 6.03 Å². The van der Waals surface area contributed by atoms with Gasteiger partial charge < -0.3 is 15.7 Å². The smallest absolute Gasteiger partial charge is 0.314 e. The molecule has 0 aliphatic heterocycles. The van der Waals surface area contributed by atoms with Crippen LogP contribution in [0.2, 0.25) is 0 Å². The van der Waals surface area contributed by atoms with Gasteiger partial charge in [0.25, 0.3) is 0 Å². The number of hydrogen-bond acceptors (Lipinski definition) is 2. The molecule has 1 rings (SSSR count). The Labute approximate surface area is 104 Å². The maximum absolute atomic E-state index is 11.3. The molecule has 1 aliphatic rings. The topological polar surface area (TPSA) is 61.4 Å². The van der Waals surface area contributed by atoms with Crippen LogP contribution in [0.5, 0.6) is 0 Å². The van der Waals surface area contributed by atoms with Crippen LogP contribution in [0.3, 0.4) is 0 Å². The van der Waals surface area contributed by atoms with Crippen molar-refractivity contribution in [2.45, 2.75) is 58.0 Å². The van der Waals surface area contributed by atoms with Crippen LogP contribution in [0.1, 0.15) is 51.9 Å². The second kappa shape index (κ2) is 8.34. The van der Waals surface area contributed by atoms with Crippen LogP contribution in [0.4, 0.5) is 4.79 Å². The first-order chi connectivity index (χ1) is 8.18. The van der Waals surface area contributed by atoms with Gasteiger partial charge in [0.15, 0.2) is 0 Å². The van der Waals surface area contributed by atoms with Crippen molar-refractivity contribution in [3.05, 3.63) is 0 Å². The number of urea groups is 1. The van der Waals surface area contributed by atoms with E-state index in [2.05, 4.69) is 10.6 Å². The van der Waals surface area contributed by atoms with Gasteiger partial charge in [0, 0.05) is 13.1 Å². The summed E-state index contributed by atoms with van der Waals surface area (Å²) >= 11 is 0. The van der Waals surface area contributed by atoms with Gasteiger partial charge in [0.1, 0.15) is 0 Å². The first kappa shape index (κ1) is 14.3. The molecule has 0 radical (unpaired) electrons. The lowest BCUT2D eigenvalue weighted by molar-refractivity contribution is 0.183. The number of nitrogens with one attached hydrogen (secondary N) is 2. The number of hydrogen-bond donors (Lipinski definition) is 3. The number of carbonyl (C=O) groups is 1. The van der Waals surface area contributed by atoms with E-state index in [1.54, 1.807) is 6.92 Å². The van der Waals surface area contributed by atoms with E-state index in [-0.39, 0.29) is 12.1 Å². The number of aliphatic hydroxyl groups is 1. The van der Waals surface area contributed by atoms with E-state index in [9.17, 15) is 4.79 Å². The first-order valence-corrected chi connectivity index (χ1v) is 6.88. The van der Waals surface area contributed by atoms with Crippen molar-refractivity contribution in [1.29, 1.82) is 0 Å². The molecule has 17 heavy (non-hydrogen) atoms.